The highest BCUT2D eigenvalue weighted by Gasteiger charge is 2.33. The number of hydrogen-bond donors (Lipinski definition) is 0. The predicted octanol–water partition coefficient (Wildman–Crippen LogP) is 3.83. The largest absolute Gasteiger partial charge is 0.573 e. The van der Waals surface area contributed by atoms with E-state index in [1.165, 1.54) is 18.2 Å². The molecule has 6 nitrogen and oxygen atoms in total. The molecule has 0 aliphatic heterocycles. The second kappa shape index (κ2) is 9.07. The quantitative estimate of drug-likeness (QED) is 0.707. The van der Waals surface area contributed by atoms with Crippen LogP contribution in [0.25, 0.3) is 0 Å². The number of aromatic nitrogens is 2. The van der Waals surface area contributed by atoms with E-state index in [2.05, 4.69) is 14.6 Å². The van der Waals surface area contributed by atoms with Crippen LogP contribution in [0.4, 0.5) is 13.2 Å². The van der Waals surface area contributed by atoms with Crippen molar-refractivity contribution in [3.63, 3.8) is 0 Å². The molecule has 0 N–H and O–H groups in total. The lowest BCUT2D eigenvalue weighted by Gasteiger charge is -2.38. The topological polar surface area (TPSA) is 50.6 Å². The second-order valence-corrected chi connectivity index (χ2v) is 7.98. The summed E-state index contributed by atoms with van der Waals surface area (Å²) in [7, 11) is 5.89. The summed E-state index contributed by atoms with van der Waals surface area (Å²) in [6.07, 6.45) is 2.05. The first-order valence-electron chi connectivity index (χ1n) is 9.92. The molecule has 0 bridgehead atoms. The fraction of sp³-hybridized carbons (Fsp3) is 0.524. The van der Waals surface area contributed by atoms with Gasteiger partial charge in [0.05, 0.1) is 6.33 Å². The molecule has 0 saturated heterocycles. The van der Waals surface area contributed by atoms with Crippen LogP contribution in [0.5, 0.6) is 5.75 Å². The molecule has 0 radical (unpaired) electrons. The van der Waals surface area contributed by atoms with Crippen molar-refractivity contribution >= 4 is 5.91 Å². The molecule has 0 atom stereocenters. The molecule has 9 heteroatoms. The molecule has 1 amide bonds. The van der Waals surface area contributed by atoms with Gasteiger partial charge in [0.25, 0.3) is 5.91 Å². The van der Waals surface area contributed by atoms with Gasteiger partial charge >= 0.3 is 6.36 Å². The number of amides is 1. The van der Waals surface area contributed by atoms with Crippen molar-refractivity contribution in [1.82, 2.24) is 19.4 Å². The highest BCUT2D eigenvalue weighted by Crippen LogP contribution is 2.29. The lowest BCUT2D eigenvalue weighted by molar-refractivity contribution is -0.274. The maximum absolute atomic E-state index is 13.2. The Morgan fingerprint density at radius 1 is 1.20 bits per heavy atom. The van der Waals surface area contributed by atoms with Crippen LogP contribution in [-0.4, -0.2) is 57.8 Å². The van der Waals surface area contributed by atoms with Crippen LogP contribution >= 0.6 is 0 Å². The maximum Gasteiger partial charge on any atom is 0.573 e. The van der Waals surface area contributed by atoms with Gasteiger partial charge in [0.2, 0.25) is 0 Å². The van der Waals surface area contributed by atoms with E-state index in [-0.39, 0.29) is 24.2 Å². The zero-order chi connectivity index (χ0) is 21.9. The summed E-state index contributed by atoms with van der Waals surface area (Å²) in [6, 6.07) is 6.26. The summed E-state index contributed by atoms with van der Waals surface area (Å²) in [5, 5.41) is 0. The molecule has 3 rings (SSSR count). The normalized spacial score (nSPS) is 19.7. The minimum absolute atomic E-state index is 0.00268. The summed E-state index contributed by atoms with van der Waals surface area (Å²) >= 11 is 0. The van der Waals surface area contributed by atoms with Crippen molar-refractivity contribution in [2.75, 3.05) is 14.1 Å². The van der Waals surface area contributed by atoms with Gasteiger partial charge in [-0.3, -0.25) is 4.79 Å². The van der Waals surface area contributed by atoms with Crippen molar-refractivity contribution in [1.29, 1.82) is 0 Å². The number of carbonyl (C=O) groups is 1. The van der Waals surface area contributed by atoms with Crippen molar-refractivity contribution in [3.05, 3.63) is 48.0 Å². The Morgan fingerprint density at radius 3 is 2.43 bits per heavy atom. The minimum atomic E-state index is -4.76. The van der Waals surface area contributed by atoms with Gasteiger partial charge in [-0.1, -0.05) is 12.1 Å². The number of aryl methyl sites for hydroxylation is 1. The van der Waals surface area contributed by atoms with Crippen LogP contribution in [0.3, 0.4) is 0 Å². The third kappa shape index (κ3) is 5.75. The standard InChI is InChI=1S/C21H27F3N4O2/c1-26(2)16-7-9-17(10-8-16)28(20(29)19-13-27(3)14-25-19)12-15-5-4-6-18(11-15)30-21(22,23)24/h4-6,11,13-14,16-17H,7-10,12H2,1-3H3. The number of alkyl halides is 3. The number of nitrogens with zero attached hydrogens (tertiary/aromatic N) is 4. The third-order valence-corrected chi connectivity index (χ3v) is 5.51. The summed E-state index contributed by atoms with van der Waals surface area (Å²) in [5.74, 6) is -0.507. The molecule has 1 heterocycles. The average molecular weight is 424 g/mol. The maximum atomic E-state index is 13.2. The Bertz CT molecular complexity index is 858. The van der Waals surface area contributed by atoms with Gasteiger partial charge in [-0.25, -0.2) is 4.98 Å². The van der Waals surface area contributed by atoms with Crippen molar-refractivity contribution in [3.8, 4) is 5.75 Å². The third-order valence-electron chi connectivity index (χ3n) is 5.51. The van der Waals surface area contributed by atoms with Gasteiger partial charge < -0.3 is 19.1 Å². The predicted molar refractivity (Wildman–Crippen MR) is 106 cm³/mol. The number of ether oxygens (including phenoxy) is 1. The van der Waals surface area contributed by atoms with E-state index in [1.54, 1.807) is 35.1 Å². The lowest BCUT2D eigenvalue weighted by Crippen LogP contribution is -2.44. The van der Waals surface area contributed by atoms with Crippen LogP contribution in [0.1, 0.15) is 41.7 Å². The number of imidazole rings is 1. The molecular formula is C21H27F3N4O2. The van der Waals surface area contributed by atoms with E-state index in [0.29, 0.717) is 17.3 Å². The molecule has 1 aliphatic rings. The van der Waals surface area contributed by atoms with Gasteiger partial charge in [0, 0.05) is 31.9 Å². The molecule has 164 valence electrons. The van der Waals surface area contributed by atoms with E-state index in [4.69, 9.17) is 0 Å². The van der Waals surface area contributed by atoms with Crippen molar-refractivity contribution in [2.24, 2.45) is 7.05 Å². The fourth-order valence-corrected chi connectivity index (χ4v) is 3.96. The van der Waals surface area contributed by atoms with E-state index >= 15 is 0 Å². The Morgan fingerprint density at radius 2 is 1.87 bits per heavy atom. The molecule has 1 aromatic heterocycles. The minimum Gasteiger partial charge on any atom is -0.406 e. The summed E-state index contributed by atoms with van der Waals surface area (Å²) in [6.45, 7) is 0.196. The second-order valence-electron chi connectivity index (χ2n) is 7.98. The number of carbonyl (C=O) groups excluding carboxylic acids is 1. The molecule has 0 spiro atoms. The zero-order valence-electron chi connectivity index (χ0n) is 17.4. The van der Waals surface area contributed by atoms with E-state index < -0.39 is 6.36 Å². The van der Waals surface area contributed by atoms with Crippen LogP contribution in [0, 0.1) is 0 Å². The Labute approximate surface area is 174 Å². The van der Waals surface area contributed by atoms with Gasteiger partial charge in [0.1, 0.15) is 11.4 Å². The van der Waals surface area contributed by atoms with Crippen LogP contribution in [-0.2, 0) is 13.6 Å². The summed E-state index contributed by atoms with van der Waals surface area (Å²) in [4.78, 5) is 21.3. The smallest absolute Gasteiger partial charge is 0.406 e. The Hall–Kier alpha value is -2.55. The SMILES string of the molecule is CN(C)C1CCC(N(Cc2cccc(OC(F)(F)F)c2)C(=O)c2cn(C)cn2)CC1. The summed E-state index contributed by atoms with van der Waals surface area (Å²) in [5.41, 5.74) is 0.908. The van der Waals surface area contributed by atoms with E-state index in [1.807, 2.05) is 14.1 Å². The van der Waals surface area contributed by atoms with Crippen molar-refractivity contribution in [2.45, 2.75) is 50.7 Å². The molecule has 2 aromatic rings. The first kappa shape index (κ1) is 22.1. The van der Waals surface area contributed by atoms with Crippen molar-refractivity contribution < 1.29 is 22.7 Å². The summed E-state index contributed by atoms with van der Waals surface area (Å²) < 4.78 is 43.5. The van der Waals surface area contributed by atoms with Gasteiger partial charge in [-0.2, -0.15) is 0 Å². The highest BCUT2D eigenvalue weighted by atomic mass is 19.4. The molecule has 1 saturated carbocycles. The monoisotopic (exact) mass is 424 g/mol. The highest BCUT2D eigenvalue weighted by molar-refractivity contribution is 5.92. The lowest BCUT2D eigenvalue weighted by atomic mass is 9.89. The van der Waals surface area contributed by atoms with E-state index in [0.717, 1.165) is 25.7 Å². The Balaban J connectivity index is 1.81. The number of benzene rings is 1. The number of rotatable bonds is 6. The first-order valence-corrected chi connectivity index (χ1v) is 9.92. The molecule has 1 aromatic carbocycles. The zero-order valence-corrected chi connectivity index (χ0v) is 17.4. The van der Waals surface area contributed by atoms with Gasteiger partial charge in [-0.05, 0) is 57.5 Å². The first-order chi connectivity index (χ1) is 14.1. The Kier molecular flexibility index (Phi) is 6.70. The molecular weight excluding hydrogens is 397 g/mol. The van der Waals surface area contributed by atoms with Gasteiger partial charge in [-0.15, -0.1) is 13.2 Å². The van der Waals surface area contributed by atoms with E-state index in [9.17, 15) is 18.0 Å². The molecule has 0 unspecified atom stereocenters. The average Bonchev–Trinajstić information content (AvgIpc) is 3.11. The van der Waals surface area contributed by atoms with Crippen LogP contribution in [0.15, 0.2) is 36.8 Å². The van der Waals surface area contributed by atoms with Crippen LogP contribution in [0.2, 0.25) is 0 Å². The molecule has 1 aliphatic carbocycles. The molecule has 1 fully saturated rings. The molecule has 30 heavy (non-hydrogen) atoms. The van der Waals surface area contributed by atoms with Gasteiger partial charge in [0.15, 0.2) is 0 Å². The van der Waals surface area contributed by atoms with Crippen LogP contribution < -0.4 is 4.74 Å². The fourth-order valence-electron chi connectivity index (χ4n) is 3.96. The number of hydrogen-bond acceptors (Lipinski definition) is 4. The number of halogens is 3.